The highest BCUT2D eigenvalue weighted by molar-refractivity contribution is 5.94. The van der Waals surface area contributed by atoms with Gasteiger partial charge in [-0.3, -0.25) is 14.9 Å². The van der Waals surface area contributed by atoms with E-state index >= 15 is 0 Å². The minimum Gasteiger partial charge on any atom is -0.338 e. The van der Waals surface area contributed by atoms with Crippen molar-refractivity contribution in [2.45, 2.75) is 19.9 Å². The number of nitrogens with one attached hydrogen (secondary N) is 2. The Morgan fingerprint density at radius 3 is 2.81 bits per heavy atom. The van der Waals surface area contributed by atoms with Gasteiger partial charge in [-0.25, -0.2) is 9.48 Å². The standard InChI is InChI=1S/C13H15N5O3/c1-2-7-14-13(21)15-11(19)8-18-12(20)9-5-3-4-6-10(9)16-17-18/h3-6H,2,7-8H2,1H3,(H2,14,15,19,21). The Kier molecular flexibility index (Phi) is 4.60. The van der Waals surface area contributed by atoms with Crippen LogP contribution in [-0.2, 0) is 11.3 Å². The molecule has 0 fully saturated rings. The van der Waals surface area contributed by atoms with E-state index in [1.807, 2.05) is 6.92 Å². The number of hydrogen-bond acceptors (Lipinski definition) is 5. The number of fused-ring (bicyclic) bond motifs is 1. The number of urea groups is 1. The number of aromatic nitrogens is 3. The van der Waals surface area contributed by atoms with E-state index in [0.717, 1.165) is 11.1 Å². The lowest BCUT2D eigenvalue weighted by molar-refractivity contribution is -0.120. The molecular weight excluding hydrogens is 274 g/mol. The molecule has 0 aliphatic carbocycles. The fourth-order valence-corrected chi connectivity index (χ4v) is 1.71. The summed E-state index contributed by atoms with van der Waals surface area (Å²) in [6.45, 7) is 2.00. The first-order chi connectivity index (χ1) is 10.1. The van der Waals surface area contributed by atoms with E-state index < -0.39 is 17.5 Å². The van der Waals surface area contributed by atoms with Gasteiger partial charge in [0.05, 0.1) is 5.39 Å². The Morgan fingerprint density at radius 1 is 1.29 bits per heavy atom. The maximum atomic E-state index is 12.1. The molecule has 1 aromatic heterocycles. The zero-order chi connectivity index (χ0) is 15.2. The largest absolute Gasteiger partial charge is 0.338 e. The summed E-state index contributed by atoms with van der Waals surface area (Å²) in [5.41, 5.74) is 0.0320. The van der Waals surface area contributed by atoms with Gasteiger partial charge in [0.1, 0.15) is 12.1 Å². The van der Waals surface area contributed by atoms with Crippen LogP contribution in [0.3, 0.4) is 0 Å². The molecule has 8 heteroatoms. The third-order valence-electron chi connectivity index (χ3n) is 2.71. The number of nitrogens with zero attached hydrogens (tertiary/aromatic N) is 3. The maximum absolute atomic E-state index is 12.1. The molecule has 2 N–H and O–H groups in total. The number of imide groups is 1. The summed E-state index contributed by atoms with van der Waals surface area (Å²) < 4.78 is 0.921. The smallest absolute Gasteiger partial charge is 0.321 e. The number of carbonyl (C=O) groups is 2. The molecule has 21 heavy (non-hydrogen) atoms. The highest BCUT2D eigenvalue weighted by atomic mass is 16.2. The van der Waals surface area contributed by atoms with Gasteiger partial charge in [-0.2, -0.15) is 0 Å². The monoisotopic (exact) mass is 289 g/mol. The average Bonchev–Trinajstić information content (AvgIpc) is 2.48. The SMILES string of the molecule is CCCNC(=O)NC(=O)Cn1nnc2ccccc2c1=O. The molecule has 1 heterocycles. The van der Waals surface area contributed by atoms with Crippen LogP contribution in [0.5, 0.6) is 0 Å². The van der Waals surface area contributed by atoms with Crippen molar-refractivity contribution in [2.24, 2.45) is 0 Å². The van der Waals surface area contributed by atoms with Gasteiger partial charge >= 0.3 is 6.03 Å². The van der Waals surface area contributed by atoms with E-state index in [1.165, 1.54) is 0 Å². The Hall–Kier alpha value is -2.77. The van der Waals surface area contributed by atoms with Crippen molar-refractivity contribution in [3.05, 3.63) is 34.6 Å². The first-order valence-electron chi connectivity index (χ1n) is 6.52. The van der Waals surface area contributed by atoms with Crippen LogP contribution in [0, 0.1) is 0 Å². The van der Waals surface area contributed by atoms with Crippen molar-refractivity contribution in [3.63, 3.8) is 0 Å². The number of benzene rings is 1. The van der Waals surface area contributed by atoms with Crippen LogP contribution in [0.2, 0.25) is 0 Å². The minimum atomic E-state index is -0.629. The first kappa shape index (κ1) is 14.6. The zero-order valence-electron chi connectivity index (χ0n) is 11.5. The van der Waals surface area contributed by atoms with Crippen LogP contribution in [0.25, 0.3) is 10.9 Å². The van der Waals surface area contributed by atoms with E-state index in [9.17, 15) is 14.4 Å². The highest BCUT2D eigenvalue weighted by Crippen LogP contribution is 2.02. The molecule has 0 aliphatic heterocycles. The summed E-state index contributed by atoms with van der Waals surface area (Å²) >= 11 is 0. The van der Waals surface area contributed by atoms with E-state index in [1.54, 1.807) is 24.3 Å². The second kappa shape index (κ2) is 6.60. The molecule has 0 aliphatic rings. The molecule has 110 valence electrons. The number of hydrogen-bond donors (Lipinski definition) is 2. The van der Waals surface area contributed by atoms with Crippen molar-refractivity contribution in [2.75, 3.05) is 6.54 Å². The molecule has 2 rings (SSSR count). The Bertz CT molecular complexity index is 725. The molecule has 0 radical (unpaired) electrons. The van der Waals surface area contributed by atoms with Crippen LogP contribution < -0.4 is 16.2 Å². The van der Waals surface area contributed by atoms with Crippen LogP contribution >= 0.6 is 0 Å². The van der Waals surface area contributed by atoms with Gasteiger partial charge in [0.2, 0.25) is 5.91 Å². The Labute approximate surface area is 120 Å². The topological polar surface area (TPSA) is 106 Å². The third kappa shape index (κ3) is 3.62. The summed E-state index contributed by atoms with van der Waals surface area (Å²) in [6.07, 6.45) is 0.761. The quantitative estimate of drug-likeness (QED) is 0.825. The van der Waals surface area contributed by atoms with Gasteiger partial charge in [-0.15, -0.1) is 5.10 Å². The molecule has 1 aromatic carbocycles. The number of rotatable bonds is 4. The van der Waals surface area contributed by atoms with Crippen LogP contribution in [-0.4, -0.2) is 33.5 Å². The molecule has 3 amide bonds. The summed E-state index contributed by atoms with van der Waals surface area (Å²) in [4.78, 5) is 35.1. The van der Waals surface area contributed by atoms with Crippen LogP contribution in [0.4, 0.5) is 4.79 Å². The van der Waals surface area contributed by atoms with Crippen molar-refractivity contribution in [1.29, 1.82) is 0 Å². The van der Waals surface area contributed by atoms with Crippen molar-refractivity contribution in [1.82, 2.24) is 25.6 Å². The molecule has 0 unspecified atom stereocenters. The molecular formula is C13H15N5O3. The van der Waals surface area contributed by atoms with Gasteiger partial charge in [-0.1, -0.05) is 24.3 Å². The molecule has 0 atom stereocenters. The van der Waals surface area contributed by atoms with Gasteiger partial charge in [0, 0.05) is 6.54 Å². The number of amides is 3. The minimum absolute atomic E-state index is 0.365. The lowest BCUT2D eigenvalue weighted by Crippen LogP contribution is -2.42. The molecule has 0 saturated carbocycles. The summed E-state index contributed by atoms with van der Waals surface area (Å²) in [6, 6.07) is 6.12. The molecule has 0 saturated heterocycles. The fourth-order valence-electron chi connectivity index (χ4n) is 1.71. The predicted octanol–water partition coefficient (Wildman–Crippen LogP) is 0.0273. The van der Waals surface area contributed by atoms with Gasteiger partial charge in [0.25, 0.3) is 5.56 Å². The molecule has 8 nitrogen and oxygen atoms in total. The Balaban J connectivity index is 2.09. The van der Waals surface area contributed by atoms with Gasteiger partial charge in [0.15, 0.2) is 0 Å². The lowest BCUT2D eigenvalue weighted by Gasteiger charge is -2.06. The lowest BCUT2D eigenvalue weighted by atomic mass is 10.2. The predicted molar refractivity (Wildman–Crippen MR) is 75.6 cm³/mol. The Morgan fingerprint density at radius 2 is 2.05 bits per heavy atom. The third-order valence-corrected chi connectivity index (χ3v) is 2.71. The highest BCUT2D eigenvalue weighted by Gasteiger charge is 2.11. The summed E-state index contributed by atoms with van der Waals surface area (Å²) in [5.74, 6) is -0.629. The summed E-state index contributed by atoms with van der Waals surface area (Å²) in [5, 5.41) is 12.5. The second-order valence-electron chi connectivity index (χ2n) is 4.37. The molecule has 2 aromatic rings. The molecule has 0 bridgehead atoms. The first-order valence-corrected chi connectivity index (χ1v) is 6.52. The normalized spacial score (nSPS) is 10.3. The van der Waals surface area contributed by atoms with E-state index in [4.69, 9.17) is 0 Å². The van der Waals surface area contributed by atoms with Crippen LogP contribution in [0.1, 0.15) is 13.3 Å². The van der Waals surface area contributed by atoms with Crippen LogP contribution in [0.15, 0.2) is 29.1 Å². The molecule has 0 spiro atoms. The zero-order valence-corrected chi connectivity index (χ0v) is 11.5. The maximum Gasteiger partial charge on any atom is 0.321 e. The van der Waals surface area contributed by atoms with Crippen molar-refractivity contribution >= 4 is 22.8 Å². The van der Waals surface area contributed by atoms with E-state index in [0.29, 0.717) is 17.4 Å². The van der Waals surface area contributed by atoms with Gasteiger partial charge < -0.3 is 5.32 Å². The van der Waals surface area contributed by atoms with E-state index in [2.05, 4.69) is 20.9 Å². The summed E-state index contributed by atoms with van der Waals surface area (Å²) in [7, 11) is 0. The van der Waals surface area contributed by atoms with Gasteiger partial charge in [-0.05, 0) is 18.6 Å². The van der Waals surface area contributed by atoms with E-state index in [-0.39, 0.29) is 6.54 Å². The second-order valence-corrected chi connectivity index (χ2v) is 4.37. The average molecular weight is 289 g/mol. The van der Waals surface area contributed by atoms with Crippen molar-refractivity contribution < 1.29 is 9.59 Å². The van der Waals surface area contributed by atoms with Crippen molar-refractivity contribution in [3.8, 4) is 0 Å². The fraction of sp³-hybridized carbons (Fsp3) is 0.308. The number of carbonyl (C=O) groups excluding carboxylic acids is 2.